The largest absolute Gasteiger partial charge is 0.497 e. The van der Waals surface area contributed by atoms with Crippen molar-refractivity contribution in [3.05, 3.63) is 30.1 Å². The highest BCUT2D eigenvalue weighted by Gasteiger charge is 2.23. The molecule has 2 rings (SSSR count). The van der Waals surface area contributed by atoms with Gasteiger partial charge in [0.25, 0.3) is 0 Å². The molecule has 4 nitrogen and oxygen atoms in total. The first-order chi connectivity index (χ1) is 8.84. The number of rotatable bonds is 2. The molecule has 0 bridgehead atoms. The number of nitrogen functional groups attached to an aromatic ring is 1. The number of benzene rings is 1. The van der Waals surface area contributed by atoms with E-state index < -0.39 is 0 Å². The van der Waals surface area contributed by atoms with Gasteiger partial charge < -0.3 is 15.0 Å². The van der Waals surface area contributed by atoms with E-state index in [0.717, 1.165) is 22.8 Å². The Morgan fingerprint density at radius 2 is 1.95 bits per heavy atom. The lowest BCUT2D eigenvalue weighted by Crippen LogP contribution is -2.17. The second-order valence-electron chi connectivity index (χ2n) is 5.71. The molecule has 0 saturated heterocycles. The minimum absolute atomic E-state index is 0.0417. The van der Waals surface area contributed by atoms with Gasteiger partial charge in [0.1, 0.15) is 23.1 Å². The minimum Gasteiger partial charge on any atom is -0.497 e. The van der Waals surface area contributed by atoms with Crippen LogP contribution in [0.15, 0.2) is 24.3 Å². The van der Waals surface area contributed by atoms with Crippen molar-refractivity contribution in [3.63, 3.8) is 0 Å². The van der Waals surface area contributed by atoms with Crippen LogP contribution in [0.3, 0.4) is 0 Å². The average Bonchev–Trinajstić information content (AvgIpc) is 2.66. The fourth-order valence-electron chi connectivity index (χ4n) is 2.16. The van der Waals surface area contributed by atoms with Crippen LogP contribution in [0.2, 0.25) is 0 Å². The molecule has 19 heavy (non-hydrogen) atoms. The zero-order chi connectivity index (χ0) is 14.2. The van der Waals surface area contributed by atoms with E-state index in [1.165, 1.54) is 0 Å². The van der Waals surface area contributed by atoms with Crippen LogP contribution in [-0.4, -0.2) is 16.7 Å². The summed E-state index contributed by atoms with van der Waals surface area (Å²) in [5.41, 5.74) is 7.93. The summed E-state index contributed by atoms with van der Waals surface area (Å²) in [5.74, 6) is 2.46. The molecule has 0 atom stereocenters. The summed E-state index contributed by atoms with van der Waals surface area (Å²) in [6.45, 7) is 6.39. The number of methoxy groups -OCH3 is 1. The van der Waals surface area contributed by atoms with Crippen molar-refractivity contribution in [2.45, 2.75) is 26.2 Å². The summed E-state index contributed by atoms with van der Waals surface area (Å²) < 4.78 is 7.20. The van der Waals surface area contributed by atoms with E-state index in [1.807, 2.05) is 35.9 Å². The molecule has 2 N–H and O–H groups in total. The number of nitrogens with zero attached hydrogens (tertiary/aromatic N) is 2. The first kappa shape index (κ1) is 13.5. The maximum atomic E-state index is 6.18. The average molecular weight is 259 g/mol. The van der Waals surface area contributed by atoms with Gasteiger partial charge in [-0.25, -0.2) is 4.98 Å². The molecule has 0 aliphatic rings. The van der Waals surface area contributed by atoms with Crippen molar-refractivity contribution in [3.8, 4) is 17.0 Å². The smallest absolute Gasteiger partial charge is 0.131 e. The van der Waals surface area contributed by atoms with E-state index in [0.29, 0.717) is 5.82 Å². The number of imidazole rings is 1. The van der Waals surface area contributed by atoms with Crippen LogP contribution in [0.5, 0.6) is 5.75 Å². The number of ether oxygens (including phenoxy) is 1. The van der Waals surface area contributed by atoms with Crippen LogP contribution in [0.1, 0.15) is 26.6 Å². The molecule has 2 aromatic rings. The van der Waals surface area contributed by atoms with Crippen LogP contribution in [0.4, 0.5) is 5.82 Å². The molecule has 1 aromatic heterocycles. The van der Waals surface area contributed by atoms with E-state index in [-0.39, 0.29) is 5.41 Å². The lowest BCUT2D eigenvalue weighted by atomic mass is 9.96. The second-order valence-corrected chi connectivity index (χ2v) is 5.71. The number of anilines is 1. The molecular weight excluding hydrogens is 238 g/mol. The summed E-state index contributed by atoms with van der Waals surface area (Å²) in [4.78, 5) is 4.71. The van der Waals surface area contributed by atoms with Crippen LogP contribution in [0, 0.1) is 0 Å². The van der Waals surface area contributed by atoms with Gasteiger partial charge in [-0.2, -0.15) is 0 Å². The van der Waals surface area contributed by atoms with Gasteiger partial charge >= 0.3 is 0 Å². The summed E-state index contributed by atoms with van der Waals surface area (Å²) >= 11 is 0. The van der Waals surface area contributed by atoms with E-state index in [9.17, 15) is 0 Å². The van der Waals surface area contributed by atoms with Gasteiger partial charge in [-0.05, 0) is 12.1 Å². The Balaban J connectivity index is 2.57. The van der Waals surface area contributed by atoms with Gasteiger partial charge in [0.05, 0.1) is 7.11 Å². The fraction of sp³-hybridized carbons (Fsp3) is 0.400. The molecule has 0 fully saturated rings. The third kappa shape index (κ3) is 2.43. The molecule has 102 valence electrons. The van der Waals surface area contributed by atoms with E-state index in [1.54, 1.807) is 7.11 Å². The molecule has 0 aliphatic heterocycles. The molecule has 4 heteroatoms. The van der Waals surface area contributed by atoms with E-state index in [2.05, 4.69) is 20.8 Å². The lowest BCUT2D eigenvalue weighted by molar-refractivity contribution is 0.415. The summed E-state index contributed by atoms with van der Waals surface area (Å²) in [7, 11) is 3.61. The van der Waals surface area contributed by atoms with Crippen molar-refractivity contribution in [1.82, 2.24) is 9.55 Å². The van der Waals surface area contributed by atoms with Crippen molar-refractivity contribution >= 4 is 5.82 Å². The molecule has 0 amide bonds. The van der Waals surface area contributed by atoms with Gasteiger partial charge in [-0.3, -0.25) is 0 Å². The molecule has 0 spiro atoms. The maximum absolute atomic E-state index is 6.18. The molecule has 0 unspecified atom stereocenters. The topological polar surface area (TPSA) is 53.1 Å². The fourth-order valence-corrected chi connectivity index (χ4v) is 2.16. The second kappa shape index (κ2) is 4.61. The molecular formula is C15H21N3O. The van der Waals surface area contributed by atoms with Crippen LogP contribution in [0.25, 0.3) is 11.3 Å². The zero-order valence-corrected chi connectivity index (χ0v) is 12.2. The highest BCUT2D eigenvalue weighted by Crippen LogP contribution is 2.32. The van der Waals surface area contributed by atoms with E-state index in [4.69, 9.17) is 15.5 Å². The van der Waals surface area contributed by atoms with Crippen LogP contribution in [-0.2, 0) is 12.5 Å². The van der Waals surface area contributed by atoms with Crippen molar-refractivity contribution in [2.24, 2.45) is 7.05 Å². The first-order valence-electron chi connectivity index (χ1n) is 6.31. The quantitative estimate of drug-likeness (QED) is 0.902. The Bertz CT molecular complexity index is 594. The monoisotopic (exact) mass is 259 g/mol. The molecule has 0 saturated carbocycles. The lowest BCUT2D eigenvalue weighted by Gasteiger charge is -2.17. The highest BCUT2D eigenvalue weighted by atomic mass is 16.5. The summed E-state index contributed by atoms with van der Waals surface area (Å²) in [5, 5.41) is 0. The number of nitrogens with two attached hydrogens (primary N) is 1. The first-order valence-corrected chi connectivity index (χ1v) is 6.31. The Hall–Kier alpha value is -1.97. The third-order valence-electron chi connectivity index (χ3n) is 3.15. The van der Waals surface area contributed by atoms with Crippen molar-refractivity contribution in [2.75, 3.05) is 12.8 Å². The predicted octanol–water partition coefficient (Wildman–Crippen LogP) is 2.98. The maximum Gasteiger partial charge on any atom is 0.131 e. The van der Waals surface area contributed by atoms with Gasteiger partial charge in [0.2, 0.25) is 0 Å². The van der Waals surface area contributed by atoms with Crippen molar-refractivity contribution in [1.29, 1.82) is 0 Å². The van der Waals surface area contributed by atoms with Gasteiger partial charge in [0.15, 0.2) is 0 Å². The Kier molecular flexibility index (Phi) is 3.27. The molecule has 1 aromatic carbocycles. The minimum atomic E-state index is -0.0417. The summed E-state index contributed by atoms with van der Waals surface area (Å²) in [6.07, 6.45) is 0. The summed E-state index contributed by atoms with van der Waals surface area (Å²) in [6, 6.07) is 7.80. The van der Waals surface area contributed by atoms with Gasteiger partial charge in [-0.15, -0.1) is 0 Å². The van der Waals surface area contributed by atoms with Crippen LogP contribution >= 0.6 is 0 Å². The van der Waals surface area contributed by atoms with Gasteiger partial charge in [-0.1, -0.05) is 32.9 Å². The zero-order valence-electron chi connectivity index (χ0n) is 12.2. The molecule has 1 heterocycles. The van der Waals surface area contributed by atoms with Crippen LogP contribution < -0.4 is 10.5 Å². The third-order valence-corrected chi connectivity index (χ3v) is 3.15. The number of aromatic nitrogens is 2. The SMILES string of the molecule is COc1cccc(-c2nc(C(C)(C)C)n(C)c2N)c1. The Labute approximate surface area is 114 Å². The number of hydrogen-bond donors (Lipinski definition) is 1. The standard InChI is InChI=1S/C15H21N3O/c1-15(2,3)14-17-12(13(16)18(14)4)10-7-6-8-11(9-10)19-5/h6-9H,16H2,1-5H3. The molecule has 0 radical (unpaired) electrons. The van der Waals surface area contributed by atoms with E-state index >= 15 is 0 Å². The highest BCUT2D eigenvalue weighted by molar-refractivity contribution is 5.72. The normalized spacial score (nSPS) is 11.6. The Morgan fingerprint density at radius 1 is 1.26 bits per heavy atom. The predicted molar refractivity (Wildman–Crippen MR) is 78.3 cm³/mol. The number of hydrogen-bond acceptors (Lipinski definition) is 3. The Morgan fingerprint density at radius 3 is 2.47 bits per heavy atom. The van der Waals surface area contributed by atoms with Gasteiger partial charge in [0, 0.05) is 18.0 Å². The molecule has 0 aliphatic carbocycles. The van der Waals surface area contributed by atoms with Crippen molar-refractivity contribution < 1.29 is 4.74 Å².